The molecule has 10 nitrogen and oxygen atoms in total. The van der Waals surface area contributed by atoms with Gasteiger partial charge in [0.25, 0.3) is 0 Å². The number of nitrogens with zero attached hydrogens (tertiary/aromatic N) is 5. The quantitative estimate of drug-likeness (QED) is 0.507. The number of anilines is 1. The second-order valence-corrected chi connectivity index (χ2v) is 8.91. The summed E-state index contributed by atoms with van der Waals surface area (Å²) in [6.45, 7) is 9.26. The van der Waals surface area contributed by atoms with Gasteiger partial charge in [0.1, 0.15) is 11.6 Å². The standard InChI is InChI=1S/C25H31N7O3/c1-17(2)27-23(33)15-31-10-12-32(13-11-31)16-24(34)29-22-14-20(19-6-4-5-9-26-19)28-25(30-22)21-8-7-18(3)35-21/h4-9,14,17H,10-13,15-16H2,1-3H3,(H,27,33)(H,28,29,30,34). The lowest BCUT2D eigenvalue weighted by Crippen LogP contribution is -2.51. The predicted molar refractivity (Wildman–Crippen MR) is 132 cm³/mol. The summed E-state index contributed by atoms with van der Waals surface area (Å²) in [7, 11) is 0. The largest absolute Gasteiger partial charge is 0.458 e. The Morgan fingerprint density at radius 3 is 2.29 bits per heavy atom. The first-order valence-electron chi connectivity index (χ1n) is 11.8. The monoisotopic (exact) mass is 477 g/mol. The SMILES string of the molecule is Cc1ccc(-c2nc(NC(=O)CN3CCN(CC(=O)NC(C)C)CC3)cc(-c3ccccn3)n2)o1. The Kier molecular flexibility index (Phi) is 7.84. The van der Waals surface area contributed by atoms with Crippen LogP contribution in [-0.4, -0.2) is 81.9 Å². The summed E-state index contributed by atoms with van der Waals surface area (Å²) in [5.74, 6) is 1.90. The third-order valence-electron chi connectivity index (χ3n) is 5.53. The van der Waals surface area contributed by atoms with Gasteiger partial charge in [-0.1, -0.05) is 6.07 Å². The Bertz CT molecular complexity index is 1150. The average Bonchev–Trinajstić information content (AvgIpc) is 3.26. The molecule has 0 radical (unpaired) electrons. The van der Waals surface area contributed by atoms with Gasteiger partial charge in [0.05, 0.1) is 24.5 Å². The molecule has 0 aromatic carbocycles. The van der Waals surface area contributed by atoms with Crippen LogP contribution >= 0.6 is 0 Å². The van der Waals surface area contributed by atoms with E-state index in [-0.39, 0.29) is 24.4 Å². The molecule has 0 aliphatic carbocycles. The van der Waals surface area contributed by atoms with Crippen molar-refractivity contribution in [2.24, 2.45) is 0 Å². The Hall–Kier alpha value is -3.63. The van der Waals surface area contributed by atoms with E-state index in [0.717, 1.165) is 18.8 Å². The van der Waals surface area contributed by atoms with Crippen LogP contribution in [0.5, 0.6) is 0 Å². The number of nitrogens with one attached hydrogen (secondary N) is 2. The van der Waals surface area contributed by atoms with Gasteiger partial charge in [-0.15, -0.1) is 0 Å². The van der Waals surface area contributed by atoms with Crippen molar-refractivity contribution >= 4 is 17.6 Å². The van der Waals surface area contributed by atoms with Crippen LogP contribution in [0.15, 0.2) is 47.0 Å². The van der Waals surface area contributed by atoms with Crippen LogP contribution in [0.4, 0.5) is 5.82 Å². The minimum absolute atomic E-state index is 0.0289. The molecule has 1 saturated heterocycles. The fourth-order valence-electron chi connectivity index (χ4n) is 3.88. The van der Waals surface area contributed by atoms with E-state index in [2.05, 4.69) is 35.4 Å². The third-order valence-corrected chi connectivity index (χ3v) is 5.53. The maximum atomic E-state index is 12.8. The van der Waals surface area contributed by atoms with Crippen LogP contribution in [0.3, 0.4) is 0 Å². The van der Waals surface area contributed by atoms with Gasteiger partial charge in [0, 0.05) is 44.5 Å². The number of piperazine rings is 1. The van der Waals surface area contributed by atoms with Gasteiger partial charge in [-0.25, -0.2) is 9.97 Å². The summed E-state index contributed by atoms with van der Waals surface area (Å²) in [5, 5.41) is 5.82. The summed E-state index contributed by atoms with van der Waals surface area (Å²) in [5.41, 5.74) is 1.26. The Morgan fingerprint density at radius 2 is 1.69 bits per heavy atom. The van der Waals surface area contributed by atoms with Crippen LogP contribution in [0, 0.1) is 6.92 Å². The van der Waals surface area contributed by atoms with Crippen molar-refractivity contribution in [2.75, 3.05) is 44.6 Å². The smallest absolute Gasteiger partial charge is 0.239 e. The zero-order valence-corrected chi connectivity index (χ0v) is 20.3. The number of hydrogen-bond donors (Lipinski definition) is 2. The van der Waals surface area contributed by atoms with E-state index >= 15 is 0 Å². The highest BCUT2D eigenvalue weighted by Crippen LogP contribution is 2.24. The number of hydrogen-bond acceptors (Lipinski definition) is 8. The number of carbonyl (C=O) groups excluding carboxylic acids is 2. The van der Waals surface area contributed by atoms with Crippen molar-refractivity contribution in [1.82, 2.24) is 30.1 Å². The Labute approximate surface area is 204 Å². The number of pyridine rings is 1. The van der Waals surface area contributed by atoms with Gasteiger partial charge < -0.3 is 15.1 Å². The lowest BCUT2D eigenvalue weighted by Gasteiger charge is -2.33. The second kappa shape index (κ2) is 11.2. The highest BCUT2D eigenvalue weighted by molar-refractivity contribution is 5.92. The highest BCUT2D eigenvalue weighted by atomic mass is 16.3. The molecule has 3 aromatic rings. The molecule has 0 saturated carbocycles. The number of aryl methyl sites for hydroxylation is 1. The zero-order valence-electron chi connectivity index (χ0n) is 20.3. The van der Waals surface area contributed by atoms with Crippen molar-refractivity contribution < 1.29 is 14.0 Å². The first kappa shape index (κ1) is 24.5. The topological polar surface area (TPSA) is 116 Å². The fraction of sp³-hybridized carbons (Fsp3) is 0.400. The molecule has 184 valence electrons. The van der Waals surface area contributed by atoms with Gasteiger partial charge in [-0.05, 0) is 45.0 Å². The maximum Gasteiger partial charge on any atom is 0.239 e. The van der Waals surface area contributed by atoms with E-state index in [4.69, 9.17) is 4.42 Å². The van der Waals surface area contributed by atoms with E-state index in [1.807, 2.05) is 45.0 Å². The molecule has 1 aliphatic rings. The first-order valence-corrected chi connectivity index (χ1v) is 11.8. The minimum atomic E-state index is -0.164. The first-order chi connectivity index (χ1) is 16.9. The van der Waals surface area contributed by atoms with Crippen LogP contribution < -0.4 is 10.6 Å². The van der Waals surface area contributed by atoms with Gasteiger partial charge in [-0.3, -0.25) is 24.4 Å². The molecule has 4 rings (SSSR count). The molecule has 3 aromatic heterocycles. The zero-order chi connectivity index (χ0) is 24.8. The summed E-state index contributed by atoms with van der Waals surface area (Å²) >= 11 is 0. The van der Waals surface area contributed by atoms with E-state index in [9.17, 15) is 9.59 Å². The van der Waals surface area contributed by atoms with Crippen molar-refractivity contribution in [1.29, 1.82) is 0 Å². The van der Waals surface area contributed by atoms with E-state index in [1.165, 1.54) is 0 Å². The predicted octanol–water partition coefficient (Wildman–Crippen LogP) is 2.19. The molecular weight excluding hydrogens is 446 g/mol. The molecule has 0 atom stereocenters. The van der Waals surface area contributed by atoms with Gasteiger partial charge >= 0.3 is 0 Å². The number of aromatic nitrogens is 3. The average molecular weight is 478 g/mol. The lowest BCUT2D eigenvalue weighted by molar-refractivity contribution is -0.124. The molecule has 1 aliphatic heterocycles. The van der Waals surface area contributed by atoms with Crippen molar-refractivity contribution in [3.63, 3.8) is 0 Å². The minimum Gasteiger partial charge on any atom is -0.458 e. The summed E-state index contributed by atoms with van der Waals surface area (Å²) in [4.78, 5) is 42.5. The Morgan fingerprint density at radius 1 is 0.971 bits per heavy atom. The number of rotatable bonds is 8. The van der Waals surface area contributed by atoms with Crippen molar-refractivity contribution in [3.8, 4) is 23.0 Å². The number of amides is 2. The van der Waals surface area contributed by atoms with Gasteiger partial charge in [0.15, 0.2) is 11.6 Å². The molecule has 2 amide bonds. The summed E-state index contributed by atoms with van der Waals surface area (Å²) in [6.07, 6.45) is 1.69. The molecule has 10 heteroatoms. The molecule has 2 N–H and O–H groups in total. The molecule has 1 fully saturated rings. The van der Waals surface area contributed by atoms with E-state index in [0.29, 0.717) is 48.4 Å². The molecule has 4 heterocycles. The van der Waals surface area contributed by atoms with Gasteiger partial charge in [-0.2, -0.15) is 0 Å². The highest BCUT2D eigenvalue weighted by Gasteiger charge is 2.21. The van der Waals surface area contributed by atoms with E-state index in [1.54, 1.807) is 18.3 Å². The third kappa shape index (κ3) is 6.93. The fourth-order valence-corrected chi connectivity index (χ4v) is 3.88. The van der Waals surface area contributed by atoms with Crippen LogP contribution in [0.25, 0.3) is 23.0 Å². The molecule has 0 unspecified atom stereocenters. The Balaban J connectivity index is 1.39. The normalized spacial score (nSPS) is 14.7. The summed E-state index contributed by atoms with van der Waals surface area (Å²) in [6, 6.07) is 11.1. The van der Waals surface area contributed by atoms with Crippen LogP contribution in [0.1, 0.15) is 19.6 Å². The molecule has 0 spiro atoms. The molecule has 0 bridgehead atoms. The number of carbonyl (C=O) groups is 2. The molecular formula is C25H31N7O3. The summed E-state index contributed by atoms with van der Waals surface area (Å²) < 4.78 is 5.70. The van der Waals surface area contributed by atoms with Crippen molar-refractivity contribution in [2.45, 2.75) is 26.8 Å². The lowest BCUT2D eigenvalue weighted by atomic mass is 10.2. The number of furan rings is 1. The molecule has 35 heavy (non-hydrogen) atoms. The maximum absolute atomic E-state index is 12.8. The van der Waals surface area contributed by atoms with Crippen LogP contribution in [0.2, 0.25) is 0 Å². The van der Waals surface area contributed by atoms with Crippen molar-refractivity contribution in [3.05, 3.63) is 48.4 Å². The van der Waals surface area contributed by atoms with E-state index < -0.39 is 0 Å². The van der Waals surface area contributed by atoms with Crippen LogP contribution in [-0.2, 0) is 9.59 Å². The van der Waals surface area contributed by atoms with Gasteiger partial charge in [0.2, 0.25) is 11.8 Å². The second-order valence-electron chi connectivity index (χ2n) is 8.91.